The van der Waals surface area contributed by atoms with E-state index in [1.165, 1.54) is 38.5 Å². The van der Waals surface area contributed by atoms with E-state index in [4.69, 9.17) is 5.84 Å². The zero-order valence-corrected chi connectivity index (χ0v) is 11.2. The minimum absolute atomic E-state index is 0.568. The number of nitrogens with zero attached hydrogens (tertiary/aromatic N) is 1. The van der Waals surface area contributed by atoms with Gasteiger partial charge < -0.3 is 10.7 Å². The molecule has 4 nitrogen and oxygen atoms in total. The van der Waals surface area contributed by atoms with E-state index in [9.17, 15) is 0 Å². The number of hydrogen-bond acceptors (Lipinski definition) is 4. The quantitative estimate of drug-likeness (QED) is 0.553. The molecule has 0 spiro atoms. The lowest BCUT2D eigenvalue weighted by Gasteiger charge is -2.29. The lowest BCUT2D eigenvalue weighted by molar-refractivity contribution is 0.318. The van der Waals surface area contributed by atoms with Gasteiger partial charge in [-0.25, -0.2) is 10.8 Å². The molecule has 1 aromatic rings. The lowest BCUT2D eigenvalue weighted by Crippen LogP contribution is -2.26. The second-order valence-corrected chi connectivity index (χ2v) is 5.20. The second kappa shape index (κ2) is 6.59. The largest absolute Gasteiger partial charge is 0.367 e. The third kappa shape index (κ3) is 3.60. The molecule has 2 rings (SSSR count). The lowest BCUT2D eigenvalue weighted by atomic mass is 9.83. The van der Waals surface area contributed by atoms with Crippen LogP contribution in [0.1, 0.15) is 45.4 Å². The van der Waals surface area contributed by atoms with Gasteiger partial charge in [0.1, 0.15) is 11.6 Å². The molecular weight excluding hydrogens is 224 g/mol. The zero-order chi connectivity index (χ0) is 12.8. The van der Waals surface area contributed by atoms with Gasteiger partial charge in [-0.15, -0.1) is 0 Å². The van der Waals surface area contributed by atoms with Gasteiger partial charge in [-0.3, -0.25) is 0 Å². The first kappa shape index (κ1) is 13.1. The molecule has 0 radical (unpaired) electrons. The highest BCUT2D eigenvalue weighted by Crippen LogP contribution is 2.29. The summed E-state index contributed by atoms with van der Waals surface area (Å²) in [5, 5.41) is 3.51. The normalized spacial score (nSPS) is 23.7. The summed E-state index contributed by atoms with van der Waals surface area (Å²) in [5.41, 5.74) is 2.58. The summed E-state index contributed by atoms with van der Waals surface area (Å²) in [5.74, 6) is 7.93. The molecule has 1 fully saturated rings. The molecular formula is C14H24N4. The predicted octanol–water partition coefficient (Wildman–Crippen LogP) is 3.14. The molecule has 4 heteroatoms. The van der Waals surface area contributed by atoms with Gasteiger partial charge in [0.15, 0.2) is 0 Å². The van der Waals surface area contributed by atoms with Crippen molar-refractivity contribution in [3.8, 4) is 0 Å². The fraction of sp³-hybridized carbons (Fsp3) is 0.643. The number of nitrogens with one attached hydrogen (secondary N) is 2. The number of hydrazine groups is 1. The molecule has 0 saturated heterocycles. The van der Waals surface area contributed by atoms with Crippen LogP contribution in [-0.2, 0) is 0 Å². The van der Waals surface area contributed by atoms with Gasteiger partial charge in [0.2, 0.25) is 0 Å². The van der Waals surface area contributed by atoms with E-state index in [1.807, 2.05) is 18.2 Å². The number of nitrogen functional groups attached to an aromatic ring is 1. The molecule has 0 aromatic carbocycles. The van der Waals surface area contributed by atoms with Crippen molar-refractivity contribution >= 4 is 11.6 Å². The molecule has 1 saturated carbocycles. The van der Waals surface area contributed by atoms with E-state index in [0.29, 0.717) is 11.9 Å². The van der Waals surface area contributed by atoms with Crippen molar-refractivity contribution in [2.24, 2.45) is 11.8 Å². The molecule has 0 aliphatic heterocycles. The van der Waals surface area contributed by atoms with Crippen LogP contribution in [0.3, 0.4) is 0 Å². The smallest absolute Gasteiger partial charge is 0.142 e. The van der Waals surface area contributed by atoms with E-state index in [-0.39, 0.29) is 0 Å². The maximum absolute atomic E-state index is 5.36. The standard InChI is InChI=1S/C14H24N4/c1-2-4-11-7-9-12(10-8-11)16-13-5-3-6-14(17-13)18-15/h3,5-6,11-12H,2,4,7-10,15H2,1H3,(H2,16,17,18). The van der Waals surface area contributed by atoms with Gasteiger partial charge >= 0.3 is 0 Å². The molecule has 0 amide bonds. The Balaban J connectivity index is 1.83. The van der Waals surface area contributed by atoms with Crippen molar-refractivity contribution in [2.75, 3.05) is 10.7 Å². The van der Waals surface area contributed by atoms with Crippen LogP contribution in [0.2, 0.25) is 0 Å². The van der Waals surface area contributed by atoms with Gasteiger partial charge in [-0.1, -0.05) is 25.8 Å². The molecule has 0 unspecified atom stereocenters. The van der Waals surface area contributed by atoms with Crippen LogP contribution < -0.4 is 16.6 Å². The minimum atomic E-state index is 0.568. The Labute approximate surface area is 109 Å². The monoisotopic (exact) mass is 248 g/mol. The van der Waals surface area contributed by atoms with Crippen molar-refractivity contribution in [3.63, 3.8) is 0 Å². The van der Waals surface area contributed by atoms with Gasteiger partial charge in [-0.2, -0.15) is 0 Å². The van der Waals surface area contributed by atoms with Gasteiger partial charge in [0, 0.05) is 6.04 Å². The number of hydrogen-bond donors (Lipinski definition) is 3. The maximum atomic E-state index is 5.36. The molecule has 1 aromatic heterocycles. The number of pyridine rings is 1. The van der Waals surface area contributed by atoms with Gasteiger partial charge in [-0.05, 0) is 43.7 Å². The molecule has 0 bridgehead atoms. The molecule has 1 heterocycles. The Bertz CT molecular complexity index is 359. The van der Waals surface area contributed by atoms with E-state index in [2.05, 4.69) is 22.7 Å². The van der Waals surface area contributed by atoms with Crippen LogP contribution in [0.25, 0.3) is 0 Å². The fourth-order valence-electron chi connectivity index (χ4n) is 2.81. The highest BCUT2D eigenvalue weighted by Gasteiger charge is 2.20. The molecule has 1 aliphatic rings. The van der Waals surface area contributed by atoms with Crippen LogP contribution in [0.5, 0.6) is 0 Å². The molecule has 4 N–H and O–H groups in total. The first-order valence-electron chi connectivity index (χ1n) is 7.02. The summed E-state index contributed by atoms with van der Waals surface area (Å²) in [4.78, 5) is 4.39. The maximum Gasteiger partial charge on any atom is 0.142 e. The van der Waals surface area contributed by atoms with Crippen molar-refractivity contribution in [2.45, 2.75) is 51.5 Å². The summed E-state index contributed by atoms with van der Waals surface area (Å²) < 4.78 is 0. The fourth-order valence-corrected chi connectivity index (χ4v) is 2.81. The van der Waals surface area contributed by atoms with Crippen LogP contribution in [0, 0.1) is 5.92 Å². The first-order chi connectivity index (χ1) is 8.81. The Morgan fingerprint density at radius 1 is 1.22 bits per heavy atom. The average Bonchev–Trinajstić information content (AvgIpc) is 2.42. The SMILES string of the molecule is CCCC1CCC(Nc2cccc(NN)n2)CC1. The van der Waals surface area contributed by atoms with E-state index >= 15 is 0 Å². The topological polar surface area (TPSA) is 63.0 Å². The highest BCUT2D eigenvalue weighted by molar-refractivity contribution is 5.44. The summed E-state index contributed by atoms with van der Waals surface area (Å²) in [7, 11) is 0. The first-order valence-corrected chi connectivity index (χ1v) is 7.02. The molecule has 1 aliphatic carbocycles. The van der Waals surface area contributed by atoms with E-state index in [0.717, 1.165) is 11.7 Å². The molecule has 0 atom stereocenters. The Morgan fingerprint density at radius 3 is 2.61 bits per heavy atom. The summed E-state index contributed by atoms with van der Waals surface area (Å²) in [6.45, 7) is 2.28. The number of anilines is 2. The highest BCUT2D eigenvalue weighted by atomic mass is 15.3. The summed E-state index contributed by atoms with van der Waals surface area (Å²) in [6, 6.07) is 6.40. The van der Waals surface area contributed by atoms with Gasteiger partial charge in [0.05, 0.1) is 0 Å². The van der Waals surface area contributed by atoms with Crippen molar-refractivity contribution in [1.29, 1.82) is 0 Å². The van der Waals surface area contributed by atoms with Crippen molar-refractivity contribution < 1.29 is 0 Å². The Morgan fingerprint density at radius 2 is 1.94 bits per heavy atom. The summed E-state index contributed by atoms with van der Waals surface area (Å²) in [6.07, 6.45) is 7.91. The average molecular weight is 248 g/mol. The van der Waals surface area contributed by atoms with Crippen LogP contribution in [-0.4, -0.2) is 11.0 Å². The molecule has 18 heavy (non-hydrogen) atoms. The third-order valence-corrected chi connectivity index (χ3v) is 3.79. The number of rotatable bonds is 5. The van der Waals surface area contributed by atoms with Crippen LogP contribution in [0.15, 0.2) is 18.2 Å². The Kier molecular flexibility index (Phi) is 4.81. The van der Waals surface area contributed by atoms with Crippen molar-refractivity contribution in [3.05, 3.63) is 18.2 Å². The van der Waals surface area contributed by atoms with Crippen LogP contribution in [0.4, 0.5) is 11.6 Å². The predicted molar refractivity (Wildman–Crippen MR) is 76.3 cm³/mol. The van der Waals surface area contributed by atoms with E-state index in [1.54, 1.807) is 0 Å². The second-order valence-electron chi connectivity index (χ2n) is 5.20. The summed E-state index contributed by atoms with van der Waals surface area (Å²) >= 11 is 0. The number of aromatic nitrogens is 1. The van der Waals surface area contributed by atoms with Crippen molar-refractivity contribution in [1.82, 2.24) is 4.98 Å². The van der Waals surface area contributed by atoms with Crippen LogP contribution >= 0.6 is 0 Å². The minimum Gasteiger partial charge on any atom is -0.367 e. The number of nitrogens with two attached hydrogens (primary N) is 1. The van der Waals surface area contributed by atoms with Gasteiger partial charge in [0.25, 0.3) is 0 Å². The third-order valence-electron chi connectivity index (χ3n) is 3.79. The molecule has 100 valence electrons. The zero-order valence-electron chi connectivity index (χ0n) is 11.2. The van der Waals surface area contributed by atoms with E-state index < -0.39 is 0 Å². The Hall–Kier alpha value is -1.29.